The van der Waals surface area contributed by atoms with Crippen LogP contribution in [0.25, 0.3) is 11.3 Å². The Bertz CT molecular complexity index is 1070. The van der Waals surface area contributed by atoms with Gasteiger partial charge < -0.3 is 19.5 Å². The molecule has 9 heteroatoms. The third kappa shape index (κ3) is 2.98. The number of halogens is 1. The van der Waals surface area contributed by atoms with Gasteiger partial charge in [-0.2, -0.15) is 4.98 Å². The van der Waals surface area contributed by atoms with Crippen LogP contribution in [0.15, 0.2) is 41.6 Å². The van der Waals surface area contributed by atoms with Crippen LogP contribution in [0.4, 0.5) is 5.69 Å². The highest BCUT2D eigenvalue weighted by Gasteiger charge is 2.29. The minimum Gasteiger partial charge on any atom is -0.454 e. The summed E-state index contributed by atoms with van der Waals surface area (Å²) in [6.45, 7) is 2.21. The smallest absolute Gasteiger partial charge is 0.247 e. The number of hydrogen-bond acceptors (Lipinski definition) is 8. The van der Waals surface area contributed by atoms with Gasteiger partial charge in [-0.05, 0) is 17.9 Å². The lowest BCUT2D eigenvalue weighted by molar-refractivity contribution is 0.173. The van der Waals surface area contributed by atoms with Crippen LogP contribution < -0.4 is 19.5 Å². The Morgan fingerprint density at radius 1 is 1.18 bits per heavy atom. The second-order valence-electron chi connectivity index (χ2n) is 6.10. The van der Waals surface area contributed by atoms with E-state index in [1.807, 2.05) is 37.3 Å². The Morgan fingerprint density at radius 2 is 2.00 bits per heavy atom. The highest BCUT2D eigenvalue weighted by atomic mass is 35.5. The topological polar surface area (TPSA) is 78.4 Å². The summed E-state index contributed by atoms with van der Waals surface area (Å²) in [4.78, 5) is 4.57. The molecule has 3 aromatic rings. The maximum Gasteiger partial charge on any atom is 0.247 e. The van der Waals surface area contributed by atoms with Gasteiger partial charge in [0.1, 0.15) is 0 Å². The fourth-order valence-electron chi connectivity index (χ4n) is 3.11. The number of fused-ring (bicyclic) bond motifs is 4. The normalized spacial score (nSPS) is 16.4. The molecule has 2 aliphatic rings. The molecule has 7 nitrogen and oxygen atoms in total. The largest absolute Gasteiger partial charge is 0.454 e. The molecule has 28 heavy (non-hydrogen) atoms. The molecule has 0 amide bonds. The zero-order chi connectivity index (χ0) is 19.1. The zero-order valence-corrected chi connectivity index (χ0v) is 16.4. The molecule has 1 aromatic heterocycles. The minimum atomic E-state index is -0.583. The summed E-state index contributed by atoms with van der Waals surface area (Å²) in [5.41, 5.74) is 3.02. The maximum atomic E-state index is 6.52. The fraction of sp³-hybridized carbons (Fsp3) is 0.211. The molecule has 0 spiro atoms. The van der Waals surface area contributed by atoms with Crippen molar-refractivity contribution in [2.24, 2.45) is 0 Å². The second-order valence-corrected chi connectivity index (χ2v) is 7.73. The average Bonchev–Trinajstić information content (AvgIpc) is 3.08. The summed E-state index contributed by atoms with van der Waals surface area (Å²) in [6, 6.07) is 11.4. The van der Waals surface area contributed by atoms with Crippen molar-refractivity contribution >= 4 is 29.1 Å². The molecule has 0 saturated carbocycles. The standard InChI is InChI=1S/C19H15ClN4O3S/c1-2-28-19-22-18-16(23-24-19)10-5-3-4-6-13(10)21-17(27-18)11-7-14-15(8-12(11)20)26-9-25-14/h3-8,17,21H,2,9H2,1H3/t17-/m0/s1. The second kappa shape index (κ2) is 7.03. The van der Waals surface area contributed by atoms with Crippen LogP contribution in [0.3, 0.4) is 0 Å². The summed E-state index contributed by atoms with van der Waals surface area (Å²) in [6.07, 6.45) is -0.583. The molecule has 2 aliphatic heterocycles. The van der Waals surface area contributed by atoms with Gasteiger partial charge in [-0.1, -0.05) is 48.5 Å². The predicted molar refractivity (Wildman–Crippen MR) is 106 cm³/mol. The van der Waals surface area contributed by atoms with Crippen LogP contribution in [0.2, 0.25) is 5.02 Å². The van der Waals surface area contributed by atoms with E-state index < -0.39 is 6.23 Å². The van der Waals surface area contributed by atoms with Crippen LogP contribution >= 0.6 is 23.4 Å². The highest BCUT2D eigenvalue weighted by Crippen LogP contribution is 2.44. The number of para-hydroxylation sites is 1. The van der Waals surface area contributed by atoms with Gasteiger partial charge in [-0.25, -0.2) is 0 Å². The van der Waals surface area contributed by atoms with E-state index in [0.29, 0.717) is 33.3 Å². The molecule has 0 unspecified atom stereocenters. The van der Waals surface area contributed by atoms with Crippen molar-refractivity contribution in [3.63, 3.8) is 0 Å². The molecule has 0 aliphatic carbocycles. The fourth-order valence-corrected chi connectivity index (χ4v) is 3.87. The van der Waals surface area contributed by atoms with Crippen molar-refractivity contribution in [3.8, 4) is 28.6 Å². The number of benzene rings is 2. The monoisotopic (exact) mass is 414 g/mol. The van der Waals surface area contributed by atoms with Crippen LogP contribution in [-0.4, -0.2) is 27.7 Å². The number of rotatable bonds is 3. The Balaban J connectivity index is 1.63. The molecule has 1 atom stereocenters. The van der Waals surface area contributed by atoms with Crippen molar-refractivity contribution in [2.45, 2.75) is 18.3 Å². The number of nitrogens with one attached hydrogen (secondary N) is 1. The lowest BCUT2D eigenvalue weighted by Crippen LogP contribution is -2.17. The van der Waals surface area contributed by atoms with E-state index in [-0.39, 0.29) is 6.79 Å². The molecule has 2 aromatic carbocycles. The minimum absolute atomic E-state index is 0.175. The number of nitrogens with zero attached hydrogens (tertiary/aromatic N) is 3. The molecular formula is C19H15ClN4O3S. The SMILES string of the molecule is CCSc1nnc2c(n1)O[C@@H](c1cc3c(cc1Cl)OCO3)Nc1ccccc1-2. The van der Waals surface area contributed by atoms with Crippen LogP contribution in [0.5, 0.6) is 17.4 Å². The summed E-state index contributed by atoms with van der Waals surface area (Å²) >= 11 is 8.03. The van der Waals surface area contributed by atoms with Crippen LogP contribution in [0, 0.1) is 0 Å². The third-order valence-electron chi connectivity index (χ3n) is 4.38. The predicted octanol–water partition coefficient (Wildman–Crippen LogP) is 4.54. The first kappa shape index (κ1) is 17.4. The molecule has 3 heterocycles. The van der Waals surface area contributed by atoms with Crippen molar-refractivity contribution in [1.29, 1.82) is 0 Å². The Hall–Kier alpha value is -2.71. The van der Waals surface area contributed by atoms with Crippen LogP contribution in [0.1, 0.15) is 18.7 Å². The maximum absolute atomic E-state index is 6.52. The number of hydrogen-bond donors (Lipinski definition) is 1. The van der Waals surface area contributed by atoms with Gasteiger partial charge in [-0.15, -0.1) is 10.2 Å². The Labute approximate surface area is 170 Å². The van der Waals surface area contributed by atoms with E-state index in [9.17, 15) is 0 Å². The summed E-state index contributed by atoms with van der Waals surface area (Å²) in [5, 5.41) is 13.0. The lowest BCUT2D eigenvalue weighted by Gasteiger charge is -2.20. The van der Waals surface area contributed by atoms with Crippen molar-refractivity contribution in [2.75, 3.05) is 17.9 Å². The quantitative estimate of drug-likeness (QED) is 0.626. The van der Waals surface area contributed by atoms with Gasteiger partial charge in [0, 0.05) is 22.9 Å². The number of anilines is 1. The van der Waals surface area contributed by atoms with E-state index in [1.165, 1.54) is 11.8 Å². The van der Waals surface area contributed by atoms with Gasteiger partial charge in [0.2, 0.25) is 17.8 Å². The van der Waals surface area contributed by atoms with Gasteiger partial charge in [0.15, 0.2) is 23.4 Å². The van der Waals surface area contributed by atoms with Crippen molar-refractivity contribution in [1.82, 2.24) is 15.2 Å². The van der Waals surface area contributed by atoms with Gasteiger partial charge in [-0.3, -0.25) is 0 Å². The molecule has 142 valence electrons. The van der Waals surface area contributed by atoms with Crippen molar-refractivity contribution in [3.05, 3.63) is 47.0 Å². The molecule has 1 N–H and O–H groups in total. The molecular weight excluding hydrogens is 400 g/mol. The molecule has 5 rings (SSSR count). The average molecular weight is 415 g/mol. The zero-order valence-electron chi connectivity index (χ0n) is 14.8. The van der Waals surface area contributed by atoms with E-state index >= 15 is 0 Å². The van der Waals surface area contributed by atoms with E-state index in [2.05, 4.69) is 20.5 Å². The van der Waals surface area contributed by atoms with Crippen molar-refractivity contribution < 1.29 is 14.2 Å². The van der Waals surface area contributed by atoms with E-state index in [0.717, 1.165) is 22.6 Å². The van der Waals surface area contributed by atoms with E-state index in [1.54, 1.807) is 6.07 Å². The number of aromatic nitrogens is 3. The Kier molecular flexibility index (Phi) is 4.37. The molecule has 0 saturated heterocycles. The molecule has 0 fully saturated rings. The number of thioether (sulfide) groups is 1. The van der Waals surface area contributed by atoms with E-state index in [4.69, 9.17) is 25.8 Å². The summed E-state index contributed by atoms with van der Waals surface area (Å²) < 4.78 is 17.1. The summed E-state index contributed by atoms with van der Waals surface area (Å²) in [7, 11) is 0. The first-order chi connectivity index (χ1) is 13.7. The first-order valence-corrected chi connectivity index (χ1v) is 10.1. The van der Waals surface area contributed by atoms with Gasteiger partial charge in [0.05, 0.1) is 5.02 Å². The first-order valence-electron chi connectivity index (χ1n) is 8.72. The third-order valence-corrected chi connectivity index (χ3v) is 5.43. The molecule has 0 bridgehead atoms. The molecule has 0 radical (unpaired) electrons. The van der Waals surface area contributed by atoms with Gasteiger partial charge >= 0.3 is 0 Å². The number of ether oxygens (including phenoxy) is 3. The highest BCUT2D eigenvalue weighted by molar-refractivity contribution is 7.99. The summed E-state index contributed by atoms with van der Waals surface area (Å²) in [5.74, 6) is 2.49. The van der Waals surface area contributed by atoms with Crippen LogP contribution in [-0.2, 0) is 0 Å². The van der Waals surface area contributed by atoms with Gasteiger partial charge in [0.25, 0.3) is 0 Å². The lowest BCUT2D eigenvalue weighted by atomic mass is 10.1. The Morgan fingerprint density at radius 3 is 2.86 bits per heavy atom.